The summed E-state index contributed by atoms with van der Waals surface area (Å²) in [7, 11) is 0. The van der Waals surface area contributed by atoms with E-state index < -0.39 is 0 Å². The van der Waals surface area contributed by atoms with Gasteiger partial charge in [0.15, 0.2) is 5.82 Å². The Kier molecular flexibility index (Phi) is 5.83. The fraction of sp³-hybridized carbons (Fsp3) is 0. The molecule has 0 amide bonds. The van der Waals surface area contributed by atoms with E-state index in [1.54, 1.807) is 0 Å². The average Bonchev–Trinajstić information content (AvgIpc) is 3.73. The van der Waals surface area contributed by atoms with Crippen molar-refractivity contribution in [2.24, 2.45) is 0 Å². The van der Waals surface area contributed by atoms with Crippen LogP contribution in [-0.4, -0.2) is 14.5 Å². The Labute approximate surface area is 291 Å². The van der Waals surface area contributed by atoms with Crippen LogP contribution in [0.25, 0.3) is 103 Å². The number of para-hydroxylation sites is 3. The third kappa shape index (κ3) is 3.97. The van der Waals surface area contributed by atoms with Gasteiger partial charge in [0.2, 0.25) is 0 Å². The Morgan fingerprint density at radius 2 is 1.06 bits per heavy atom. The standard InChI is InChI=1S/C46H27N3S/c1-2-13-28(14-3-1)29-17-12-18-32(25-29)43-46(48-38-23-10-9-22-37(38)47-43)49-39-24-11-8-21-35(39)41-33-19-6-7-20-34(33)42-36-26-30-15-4-5-16-31(30)27-40(36)50-45(42)44(41)49/h1-27H. The van der Waals surface area contributed by atoms with Crippen molar-refractivity contribution < 1.29 is 0 Å². The fourth-order valence-electron chi connectivity index (χ4n) is 7.90. The van der Waals surface area contributed by atoms with Crippen LogP contribution in [0.2, 0.25) is 0 Å². The fourth-order valence-corrected chi connectivity index (χ4v) is 9.19. The van der Waals surface area contributed by atoms with Crippen molar-refractivity contribution in [1.82, 2.24) is 14.5 Å². The highest BCUT2D eigenvalue weighted by Crippen LogP contribution is 2.49. The van der Waals surface area contributed by atoms with Crippen LogP contribution in [0.4, 0.5) is 0 Å². The average molecular weight is 654 g/mol. The second-order valence-corrected chi connectivity index (χ2v) is 14.0. The van der Waals surface area contributed by atoms with Gasteiger partial charge in [0.05, 0.1) is 26.8 Å². The summed E-state index contributed by atoms with van der Waals surface area (Å²) in [5, 5.41) is 10.1. The summed E-state index contributed by atoms with van der Waals surface area (Å²) < 4.78 is 4.95. The number of hydrogen-bond acceptors (Lipinski definition) is 3. The lowest BCUT2D eigenvalue weighted by Crippen LogP contribution is -2.04. The van der Waals surface area contributed by atoms with Crippen LogP contribution < -0.4 is 0 Å². The molecule has 11 aromatic rings. The molecule has 3 nitrogen and oxygen atoms in total. The molecule has 11 rings (SSSR count). The van der Waals surface area contributed by atoms with Crippen molar-refractivity contribution in [3.05, 3.63) is 164 Å². The SMILES string of the molecule is c1ccc(-c2cccc(-c3nc4ccccc4nc3-n3c4ccccc4c4c5ccccc5c5c6cc7ccccc7cc6sc5c43)c2)cc1. The summed E-state index contributed by atoms with van der Waals surface area (Å²) in [5.74, 6) is 0.833. The molecular weight excluding hydrogens is 627 g/mol. The molecule has 0 aliphatic rings. The maximum atomic E-state index is 5.49. The van der Waals surface area contributed by atoms with Crippen LogP contribution in [0, 0.1) is 0 Å². The molecule has 3 heterocycles. The smallest absolute Gasteiger partial charge is 0.165 e. The first-order valence-electron chi connectivity index (χ1n) is 16.9. The van der Waals surface area contributed by atoms with Crippen molar-refractivity contribution >= 4 is 85.9 Å². The predicted octanol–water partition coefficient (Wildman–Crippen LogP) is 12.7. The van der Waals surface area contributed by atoms with Crippen molar-refractivity contribution in [1.29, 1.82) is 0 Å². The first-order valence-corrected chi connectivity index (χ1v) is 17.7. The number of fused-ring (bicyclic) bond motifs is 12. The molecule has 0 N–H and O–H groups in total. The Hall–Kier alpha value is -6.36. The monoisotopic (exact) mass is 653 g/mol. The molecule has 50 heavy (non-hydrogen) atoms. The molecule has 0 spiro atoms. The quantitative estimate of drug-likeness (QED) is 0.190. The van der Waals surface area contributed by atoms with E-state index in [1.807, 2.05) is 23.5 Å². The van der Waals surface area contributed by atoms with E-state index in [-0.39, 0.29) is 0 Å². The molecule has 0 atom stereocenters. The van der Waals surface area contributed by atoms with Crippen molar-refractivity contribution in [2.45, 2.75) is 0 Å². The normalized spacial score (nSPS) is 12.0. The van der Waals surface area contributed by atoms with Gasteiger partial charge in [-0.1, -0.05) is 127 Å². The predicted molar refractivity (Wildman–Crippen MR) is 213 cm³/mol. The van der Waals surface area contributed by atoms with Crippen LogP contribution >= 0.6 is 11.3 Å². The molecule has 0 bridgehead atoms. The summed E-state index contributed by atoms with van der Waals surface area (Å²) >= 11 is 1.88. The van der Waals surface area contributed by atoms with Crippen LogP contribution in [-0.2, 0) is 0 Å². The maximum absolute atomic E-state index is 5.49. The lowest BCUT2D eigenvalue weighted by molar-refractivity contribution is 1.08. The molecule has 4 heteroatoms. The Bertz CT molecular complexity index is 3150. The first-order chi connectivity index (χ1) is 24.8. The Morgan fingerprint density at radius 1 is 0.440 bits per heavy atom. The van der Waals surface area contributed by atoms with Crippen LogP contribution in [0.5, 0.6) is 0 Å². The van der Waals surface area contributed by atoms with E-state index >= 15 is 0 Å². The lowest BCUT2D eigenvalue weighted by atomic mass is 9.98. The van der Waals surface area contributed by atoms with Gasteiger partial charge in [-0.2, -0.15) is 0 Å². The van der Waals surface area contributed by atoms with E-state index in [4.69, 9.17) is 9.97 Å². The number of thiophene rings is 1. The molecule has 8 aromatic carbocycles. The van der Waals surface area contributed by atoms with Crippen molar-refractivity contribution in [3.63, 3.8) is 0 Å². The van der Waals surface area contributed by atoms with E-state index in [0.717, 1.165) is 39.2 Å². The van der Waals surface area contributed by atoms with E-state index in [2.05, 4.69) is 156 Å². The van der Waals surface area contributed by atoms with E-state index in [1.165, 1.54) is 63.6 Å². The highest BCUT2D eigenvalue weighted by molar-refractivity contribution is 7.27. The molecule has 0 radical (unpaired) electrons. The van der Waals surface area contributed by atoms with Crippen molar-refractivity contribution in [3.8, 4) is 28.2 Å². The molecular formula is C46H27N3S. The number of nitrogens with zero attached hydrogens (tertiary/aromatic N) is 3. The maximum Gasteiger partial charge on any atom is 0.165 e. The third-order valence-corrected chi connectivity index (χ3v) is 11.3. The van der Waals surface area contributed by atoms with E-state index in [0.29, 0.717) is 0 Å². The second kappa shape index (κ2) is 10.6. The molecule has 0 aliphatic carbocycles. The van der Waals surface area contributed by atoms with E-state index in [9.17, 15) is 0 Å². The van der Waals surface area contributed by atoms with Crippen LogP contribution in [0.1, 0.15) is 0 Å². The topological polar surface area (TPSA) is 30.7 Å². The minimum Gasteiger partial charge on any atom is -0.290 e. The van der Waals surface area contributed by atoms with Gasteiger partial charge in [0.25, 0.3) is 0 Å². The zero-order valence-electron chi connectivity index (χ0n) is 26.8. The van der Waals surface area contributed by atoms with Crippen molar-refractivity contribution in [2.75, 3.05) is 0 Å². The van der Waals surface area contributed by atoms with Crippen LogP contribution in [0.15, 0.2) is 164 Å². The summed E-state index contributed by atoms with van der Waals surface area (Å²) in [5.41, 5.74) is 8.26. The first kappa shape index (κ1) is 27.6. The number of aromatic nitrogens is 3. The molecule has 0 fully saturated rings. The van der Waals surface area contributed by atoms with Gasteiger partial charge in [0, 0.05) is 31.8 Å². The van der Waals surface area contributed by atoms with Gasteiger partial charge in [-0.15, -0.1) is 11.3 Å². The molecule has 0 saturated heterocycles. The molecule has 3 aromatic heterocycles. The summed E-state index contributed by atoms with van der Waals surface area (Å²) in [6.45, 7) is 0. The molecule has 0 saturated carbocycles. The zero-order valence-corrected chi connectivity index (χ0v) is 27.7. The minimum absolute atomic E-state index is 0.833. The molecule has 232 valence electrons. The van der Waals surface area contributed by atoms with Crippen LogP contribution in [0.3, 0.4) is 0 Å². The Balaban J connectivity index is 1.34. The van der Waals surface area contributed by atoms with Gasteiger partial charge < -0.3 is 0 Å². The summed E-state index contributed by atoms with van der Waals surface area (Å²) in [6.07, 6.45) is 0. The molecule has 0 aliphatic heterocycles. The highest BCUT2D eigenvalue weighted by atomic mass is 32.1. The summed E-state index contributed by atoms with van der Waals surface area (Å²) in [6, 6.07) is 58.6. The summed E-state index contributed by atoms with van der Waals surface area (Å²) in [4.78, 5) is 10.9. The van der Waals surface area contributed by atoms with Gasteiger partial charge in [0.1, 0.15) is 5.69 Å². The second-order valence-electron chi connectivity index (χ2n) is 13.0. The largest absolute Gasteiger partial charge is 0.290 e. The third-order valence-electron chi connectivity index (χ3n) is 10.1. The zero-order chi connectivity index (χ0) is 32.8. The lowest BCUT2D eigenvalue weighted by Gasteiger charge is -2.15. The highest BCUT2D eigenvalue weighted by Gasteiger charge is 2.25. The van der Waals surface area contributed by atoms with Gasteiger partial charge in [-0.25, -0.2) is 9.97 Å². The van der Waals surface area contributed by atoms with Gasteiger partial charge in [-0.3, -0.25) is 4.57 Å². The Morgan fingerprint density at radius 3 is 1.88 bits per heavy atom. The number of benzene rings is 8. The number of hydrogen-bond donors (Lipinski definition) is 0. The number of rotatable bonds is 3. The minimum atomic E-state index is 0.833. The van der Waals surface area contributed by atoms with Gasteiger partial charge >= 0.3 is 0 Å². The van der Waals surface area contributed by atoms with Gasteiger partial charge in [-0.05, 0) is 69.1 Å². The molecule has 0 unspecified atom stereocenters.